The van der Waals surface area contributed by atoms with Crippen molar-refractivity contribution in [2.75, 3.05) is 13.1 Å². The molecule has 1 fully saturated rings. The van der Waals surface area contributed by atoms with Crippen LogP contribution in [0.1, 0.15) is 17.9 Å². The molecule has 0 amide bonds. The zero-order chi connectivity index (χ0) is 9.97. The fourth-order valence-electron chi connectivity index (χ4n) is 1.64. The Labute approximate surface area is 83.7 Å². The number of ether oxygens (including phenoxy) is 1. The van der Waals surface area contributed by atoms with Gasteiger partial charge in [0.05, 0.1) is 0 Å². The predicted molar refractivity (Wildman–Crippen MR) is 53.4 cm³/mol. The number of nitrogens with one attached hydrogen (secondary N) is 1. The first-order chi connectivity index (χ1) is 6.74. The van der Waals surface area contributed by atoms with E-state index >= 15 is 0 Å². The second-order valence-corrected chi connectivity index (χ2v) is 3.63. The van der Waals surface area contributed by atoms with Crippen LogP contribution in [-0.2, 0) is 0 Å². The van der Waals surface area contributed by atoms with Gasteiger partial charge < -0.3 is 10.1 Å². The number of hydrogen-bond acceptors (Lipinski definition) is 4. The normalized spacial score (nSPS) is 21.1. The summed E-state index contributed by atoms with van der Waals surface area (Å²) in [6.45, 7) is 5.79. The van der Waals surface area contributed by atoms with Gasteiger partial charge in [-0.15, -0.1) is 0 Å². The number of nitrogens with zero attached hydrogens (tertiary/aromatic N) is 2. The minimum Gasteiger partial charge on any atom is -0.473 e. The lowest BCUT2D eigenvalue weighted by molar-refractivity contribution is 0.213. The molecule has 2 heterocycles. The predicted octanol–water partition coefficient (Wildman–Crippen LogP) is 0.834. The van der Waals surface area contributed by atoms with Crippen molar-refractivity contribution in [1.82, 2.24) is 15.3 Å². The summed E-state index contributed by atoms with van der Waals surface area (Å²) in [6.07, 6.45) is 1.32. The first-order valence-corrected chi connectivity index (χ1v) is 4.94. The molecule has 0 saturated carbocycles. The summed E-state index contributed by atoms with van der Waals surface area (Å²) in [5.74, 6) is 1.47. The first-order valence-electron chi connectivity index (χ1n) is 4.94. The Balaban J connectivity index is 2.07. The van der Waals surface area contributed by atoms with Gasteiger partial charge in [0.15, 0.2) is 0 Å². The monoisotopic (exact) mass is 193 g/mol. The molecule has 1 aromatic rings. The fourth-order valence-corrected chi connectivity index (χ4v) is 1.64. The first kappa shape index (κ1) is 9.40. The van der Waals surface area contributed by atoms with Crippen LogP contribution in [0, 0.1) is 13.8 Å². The molecule has 1 unspecified atom stereocenters. The van der Waals surface area contributed by atoms with Crippen LogP contribution in [0.2, 0.25) is 0 Å². The highest BCUT2D eigenvalue weighted by atomic mass is 16.5. The van der Waals surface area contributed by atoms with Crippen molar-refractivity contribution >= 4 is 0 Å². The summed E-state index contributed by atoms with van der Waals surface area (Å²) in [6, 6.07) is 1.88. The maximum Gasteiger partial charge on any atom is 0.217 e. The summed E-state index contributed by atoms with van der Waals surface area (Å²) < 4.78 is 5.72. The topological polar surface area (TPSA) is 47.0 Å². The maximum atomic E-state index is 5.72. The van der Waals surface area contributed by atoms with E-state index < -0.39 is 0 Å². The van der Waals surface area contributed by atoms with Crippen molar-refractivity contribution in [1.29, 1.82) is 0 Å². The van der Waals surface area contributed by atoms with Crippen molar-refractivity contribution < 1.29 is 4.74 Å². The van der Waals surface area contributed by atoms with E-state index in [1.165, 1.54) is 0 Å². The molecule has 0 radical (unpaired) electrons. The van der Waals surface area contributed by atoms with Crippen LogP contribution in [0.4, 0.5) is 0 Å². The van der Waals surface area contributed by atoms with Gasteiger partial charge in [-0.1, -0.05) is 0 Å². The molecule has 1 atom stereocenters. The minimum atomic E-state index is 0.267. The van der Waals surface area contributed by atoms with Crippen LogP contribution in [0.15, 0.2) is 6.07 Å². The third kappa shape index (κ3) is 2.20. The Morgan fingerprint density at radius 1 is 1.43 bits per heavy atom. The van der Waals surface area contributed by atoms with Gasteiger partial charge in [-0.25, -0.2) is 4.98 Å². The molecule has 1 N–H and O–H groups in total. The summed E-state index contributed by atoms with van der Waals surface area (Å²) >= 11 is 0. The van der Waals surface area contributed by atoms with E-state index in [1.807, 2.05) is 19.9 Å². The van der Waals surface area contributed by atoms with Crippen LogP contribution in [-0.4, -0.2) is 29.2 Å². The van der Waals surface area contributed by atoms with E-state index in [4.69, 9.17) is 4.74 Å². The highest BCUT2D eigenvalue weighted by Gasteiger charge is 2.16. The molecule has 0 aromatic carbocycles. The zero-order valence-corrected chi connectivity index (χ0v) is 8.58. The molecule has 0 spiro atoms. The van der Waals surface area contributed by atoms with Gasteiger partial charge in [-0.2, -0.15) is 4.98 Å². The molecule has 76 valence electrons. The Bertz CT molecular complexity index is 301. The second-order valence-electron chi connectivity index (χ2n) is 3.63. The van der Waals surface area contributed by atoms with Gasteiger partial charge in [-0.3, -0.25) is 0 Å². The van der Waals surface area contributed by atoms with Crippen molar-refractivity contribution in [3.8, 4) is 5.88 Å². The zero-order valence-electron chi connectivity index (χ0n) is 8.58. The smallest absolute Gasteiger partial charge is 0.217 e. The number of aryl methyl sites for hydroxylation is 2. The Morgan fingerprint density at radius 3 is 2.93 bits per heavy atom. The van der Waals surface area contributed by atoms with Crippen LogP contribution in [0.5, 0.6) is 5.88 Å². The van der Waals surface area contributed by atoms with Gasteiger partial charge >= 0.3 is 0 Å². The Morgan fingerprint density at radius 2 is 2.29 bits per heavy atom. The Kier molecular flexibility index (Phi) is 2.63. The minimum absolute atomic E-state index is 0.267. The van der Waals surface area contributed by atoms with Crippen molar-refractivity contribution in [3.63, 3.8) is 0 Å². The number of hydrogen-bond donors (Lipinski definition) is 1. The SMILES string of the molecule is Cc1cc(OC2CCNC2)nc(C)n1. The molecule has 0 aliphatic carbocycles. The second kappa shape index (κ2) is 3.92. The summed E-state index contributed by atoms with van der Waals surface area (Å²) in [5, 5.41) is 3.25. The molecule has 1 aromatic heterocycles. The van der Waals surface area contributed by atoms with Gasteiger partial charge in [-0.05, 0) is 26.8 Å². The largest absolute Gasteiger partial charge is 0.473 e. The third-order valence-electron chi connectivity index (χ3n) is 2.25. The summed E-state index contributed by atoms with van der Waals surface area (Å²) in [7, 11) is 0. The van der Waals surface area contributed by atoms with Crippen LogP contribution >= 0.6 is 0 Å². The third-order valence-corrected chi connectivity index (χ3v) is 2.25. The fraction of sp³-hybridized carbons (Fsp3) is 0.600. The maximum absolute atomic E-state index is 5.72. The molecule has 0 bridgehead atoms. The summed E-state index contributed by atoms with van der Waals surface area (Å²) in [5.41, 5.74) is 0.957. The lowest BCUT2D eigenvalue weighted by Crippen LogP contribution is -2.20. The van der Waals surface area contributed by atoms with Gasteiger partial charge in [0.25, 0.3) is 0 Å². The average Bonchev–Trinajstić information content (AvgIpc) is 2.54. The van der Waals surface area contributed by atoms with Crippen molar-refractivity contribution in [2.45, 2.75) is 26.4 Å². The lowest BCUT2D eigenvalue weighted by Gasteiger charge is -2.11. The van der Waals surface area contributed by atoms with E-state index in [0.717, 1.165) is 31.0 Å². The number of rotatable bonds is 2. The summed E-state index contributed by atoms with van der Waals surface area (Å²) in [4.78, 5) is 8.44. The van der Waals surface area contributed by atoms with Crippen LogP contribution in [0.3, 0.4) is 0 Å². The number of aromatic nitrogens is 2. The van der Waals surface area contributed by atoms with Gasteiger partial charge in [0, 0.05) is 18.3 Å². The Hall–Kier alpha value is -1.16. The van der Waals surface area contributed by atoms with Gasteiger partial charge in [0.2, 0.25) is 5.88 Å². The van der Waals surface area contributed by atoms with E-state index in [1.54, 1.807) is 0 Å². The average molecular weight is 193 g/mol. The van der Waals surface area contributed by atoms with Crippen molar-refractivity contribution in [2.24, 2.45) is 0 Å². The molecule has 4 nitrogen and oxygen atoms in total. The molecule has 1 saturated heterocycles. The van der Waals surface area contributed by atoms with E-state index in [0.29, 0.717) is 5.88 Å². The molecule has 14 heavy (non-hydrogen) atoms. The van der Waals surface area contributed by atoms with E-state index in [-0.39, 0.29) is 6.10 Å². The van der Waals surface area contributed by atoms with Gasteiger partial charge in [0.1, 0.15) is 11.9 Å². The molecule has 1 aliphatic heterocycles. The molecule has 2 rings (SSSR count). The molecular formula is C10H15N3O. The molecular weight excluding hydrogens is 178 g/mol. The van der Waals surface area contributed by atoms with E-state index in [9.17, 15) is 0 Å². The highest BCUT2D eigenvalue weighted by molar-refractivity contribution is 5.15. The molecule has 1 aliphatic rings. The van der Waals surface area contributed by atoms with Crippen molar-refractivity contribution in [3.05, 3.63) is 17.6 Å². The van der Waals surface area contributed by atoms with Crippen LogP contribution < -0.4 is 10.1 Å². The highest BCUT2D eigenvalue weighted by Crippen LogP contribution is 2.13. The quantitative estimate of drug-likeness (QED) is 0.756. The molecule has 4 heteroatoms. The van der Waals surface area contributed by atoms with Crippen LogP contribution in [0.25, 0.3) is 0 Å². The standard InChI is InChI=1S/C10H15N3O/c1-7-5-10(13-8(2)12-7)14-9-3-4-11-6-9/h5,9,11H,3-4,6H2,1-2H3. The lowest BCUT2D eigenvalue weighted by atomic mass is 10.3. The van der Waals surface area contributed by atoms with E-state index in [2.05, 4.69) is 15.3 Å².